The fraction of sp³-hybridized carbons (Fsp3) is 0.0625. The third-order valence-corrected chi connectivity index (χ3v) is 4.27. The van der Waals surface area contributed by atoms with Crippen LogP contribution >= 0.6 is 23.4 Å². The van der Waals surface area contributed by atoms with Crippen molar-refractivity contribution in [3.05, 3.63) is 59.2 Å². The standard InChI is InChI=1S/C16H12ClN3O2S/c1-22-14-7-4-8-15(18-14)23-16-9-11(10-21)19-20(16)13-6-3-2-5-12(13)17/h2-10H,1H3. The van der Waals surface area contributed by atoms with Crippen molar-refractivity contribution in [3.8, 4) is 11.6 Å². The molecule has 116 valence electrons. The van der Waals surface area contributed by atoms with Crippen LogP contribution in [-0.4, -0.2) is 28.2 Å². The van der Waals surface area contributed by atoms with Gasteiger partial charge >= 0.3 is 0 Å². The van der Waals surface area contributed by atoms with E-state index in [-0.39, 0.29) is 0 Å². The van der Waals surface area contributed by atoms with E-state index in [1.54, 1.807) is 30.0 Å². The van der Waals surface area contributed by atoms with Gasteiger partial charge in [0.1, 0.15) is 15.7 Å². The van der Waals surface area contributed by atoms with Crippen molar-refractivity contribution in [2.24, 2.45) is 0 Å². The Morgan fingerprint density at radius 2 is 2.04 bits per heavy atom. The summed E-state index contributed by atoms with van der Waals surface area (Å²) in [6, 6.07) is 14.5. The molecule has 2 aromatic heterocycles. The molecule has 3 aromatic rings. The van der Waals surface area contributed by atoms with Gasteiger partial charge in [0, 0.05) is 12.1 Å². The second-order valence-electron chi connectivity index (χ2n) is 4.51. The zero-order valence-corrected chi connectivity index (χ0v) is 13.7. The number of nitrogens with zero attached hydrogens (tertiary/aromatic N) is 3. The van der Waals surface area contributed by atoms with Gasteiger partial charge in [0.05, 0.1) is 17.8 Å². The van der Waals surface area contributed by atoms with E-state index in [1.165, 1.54) is 11.8 Å². The second kappa shape index (κ2) is 6.85. The van der Waals surface area contributed by atoms with Crippen molar-refractivity contribution in [1.82, 2.24) is 14.8 Å². The van der Waals surface area contributed by atoms with E-state index in [0.717, 1.165) is 10.1 Å². The number of benzene rings is 1. The van der Waals surface area contributed by atoms with Gasteiger partial charge in [-0.25, -0.2) is 9.67 Å². The van der Waals surface area contributed by atoms with Crippen molar-refractivity contribution in [3.63, 3.8) is 0 Å². The number of carbonyl (C=O) groups excluding carboxylic acids is 1. The number of hydrogen-bond donors (Lipinski definition) is 0. The van der Waals surface area contributed by atoms with Crippen molar-refractivity contribution in [1.29, 1.82) is 0 Å². The van der Waals surface area contributed by atoms with E-state index < -0.39 is 0 Å². The maximum Gasteiger partial charge on any atom is 0.213 e. The van der Waals surface area contributed by atoms with Crippen LogP contribution in [0.2, 0.25) is 5.02 Å². The molecular formula is C16H12ClN3O2S. The Morgan fingerprint density at radius 3 is 2.78 bits per heavy atom. The summed E-state index contributed by atoms with van der Waals surface area (Å²) < 4.78 is 6.77. The molecule has 7 heteroatoms. The van der Waals surface area contributed by atoms with Gasteiger partial charge in [-0.2, -0.15) is 5.10 Å². The monoisotopic (exact) mass is 345 g/mol. The van der Waals surface area contributed by atoms with Crippen LogP contribution in [0, 0.1) is 0 Å². The number of pyridine rings is 1. The highest BCUT2D eigenvalue weighted by atomic mass is 35.5. The first-order valence-corrected chi connectivity index (χ1v) is 7.90. The number of aromatic nitrogens is 3. The average molecular weight is 346 g/mol. The fourth-order valence-electron chi connectivity index (χ4n) is 1.98. The maximum atomic E-state index is 11.1. The molecule has 0 amide bonds. The van der Waals surface area contributed by atoms with Gasteiger partial charge in [-0.05, 0) is 30.0 Å². The summed E-state index contributed by atoms with van der Waals surface area (Å²) >= 11 is 7.62. The molecule has 0 saturated carbocycles. The van der Waals surface area contributed by atoms with Crippen molar-refractivity contribution >= 4 is 29.6 Å². The highest BCUT2D eigenvalue weighted by Crippen LogP contribution is 2.31. The number of aldehydes is 1. The molecule has 0 unspecified atom stereocenters. The number of ether oxygens (including phenoxy) is 1. The summed E-state index contributed by atoms with van der Waals surface area (Å²) in [5.74, 6) is 0.523. The van der Waals surface area contributed by atoms with Crippen LogP contribution in [0.4, 0.5) is 0 Å². The number of halogens is 1. The first-order chi connectivity index (χ1) is 11.2. The number of rotatable bonds is 5. The zero-order chi connectivity index (χ0) is 16.2. The Hall–Kier alpha value is -2.31. The number of methoxy groups -OCH3 is 1. The van der Waals surface area contributed by atoms with Gasteiger partial charge in [0.2, 0.25) is 5.88 Å². The van der Waals surface area contributed by atoms with E-state index in [0.29, 0.717) is 28.6 Å². The molecule has 0 saturated heterocycles. The average Bonchev–Trinajstić information content (AvgIpc) is 2.98. The van der Waals surface area contributed by atoms with Gasteiger partial charge in [-0.15, -0.1) is 0 Å². The third-order valence-electron chi connectivity index (χ3n) is 3.01. The minimum absolute atomic E-state index is 0.329. The number of para-hydroxylation sites is 1. The van der Waals surface area contributed by atoms with Gasteiger partial charge < -0.3 is 4.74 Å². The van der Waals surface area contributed by atoms with E-state index in [4.69, 9.17) is 16.3 Å². The van der Waals surface area contributed by atoms with Crippen LogP contribution in [0.25, 0.3) is 5.69 Å². The molecule has 2 heterocycles. The molecule has 0 atom stereocenters. The summed E-state index contributed by atoms with van der Waals surface area (Å²) in [6.45, 7) is 0. The number of carbonyl (C=O) groups is 1. The summed E-state index contributed by atoms with van der Waals surface area (Å²) in [7, 11) is 1.56. The molecule has 5 nitrogen and oxygen atoms in total. The van der Waals surface area contributed by atoms with Crippen molar-refractivity contribution < 1.29 is 9.53 Å². The Labute approximate surface area is 142 Å². The molecule has 0 spiro atoms. The highest BCUT2D eigenvalue weighted by Gasteiger charge is 2.14. The van der Waals surface area contributed by atoms with Crippen LogP contribution < -0.4 is 4.74 Å². The van der Waals surface area contributed by atoms with Crippen LogP contribution in [0.5, 0.6) is 5.88 Å². The molecule has 23 heavy (non-hydrogen) atoms. The lowest BCUT2D eigenvalue weighted by Gasteiger charge is -2.08. The molecule has 0 aliphatic carbocycles. The van der Waals surface area contributed by atoms with Crippen LogP contribution in [-0.2, 0) is 0 Å². The fourth-order valence-corrected chi connectivity index (χ4v) is 3.10. The number of hydrogen-bond acceptors (Lipinski definition) is 5. The molecule has 0 aliphatic rings. The van der Waals surface area contributed by atoms with Gasteiger partial charge in [0.15, 0.2) is 6.29 Å². The van der Waals surface area contributed by atoms with Gasteiger partial charge in [-0.3, -0.25) is 4.79 Å². The largest absolute Gasteiger partial charge is 0.481 e. The summed E-state index contributed by atoms with van der Waals surface area (Å²) in [6.07, 6.45) is 0.705. The van der Waals surface area contributed by atoms with Crippen molar-refractivity contribution in [2.45, 2.75) is 10.1 Å². The highest BCUT2D eigenvalue weighted by molar-refractivity contribution is 7.99. The lowest BCUT2D eigenvalue weighted by molar-refractivity contribution is 0.111. The first kappa shape index (κ1) is 15.6. The molecule has 0 N–H and O–H groups in total. The molecule has 0 fully saturated rings. The Bertz CT molecular complexity index is 851. The first-order valence-electron chi connectivity index (χ1n) is 6.70. The summed E-state index contributed by atoms with van der Waals surface area (Å²) in [5.41, 5.74) is 1.03. The molecule has 0 radical (unpaired) electrons. The van der Waals surface area contributed by atoms with Crippen LogP contribution in [0.15, 0.2) is 58.6 Å². The SMILES string of the molecule is COc1cccc(Sc2cc(C=O)nn2-c2ccccc2Cl)n1. The lowest BCUT2D eigenvalue weighted by atomic mass is 10.3. The second-order valence-corrected chi connectivity index (χ2v) is 5.96. The van der Waals surface area contributed by atoms with E-state index in [1.807, 2.05) is 30.3 Å². The maximum absolute atomic E-state index is 11.1. The molecule has 1 aromatic carbocycles. The molecule has 3 rings (SSSR count). The zero-order valence-electron chi connectivity index (χ0n) is 12.1. The minimum atomic E-state index is 0.329. The lowest BCUT2D eigenvalue weighted by Crippen LogP contribution is -2.00. The smallest absolute Gasteiger partial charge is 0.213 e. The predicted octanol–water partition coefficient (Wildman–Crippen LogP) is 3.89. The van der Waals surface area contributed by atoms with Crippen LogP contribution in [0.1, 0.15) is 10.5 Å². The van der Waals surface area contributed by atoms with E-state index in [2.05, 4.69) is 10.1 Å². The summed E-state index contributed by atoms with van der Waals surface area (Å²) in [4.78, 5) is 15.4. The van der Waals surface area contributed by atoms with Crippen molar-refractivity contribution in [2.75, 3.05) is 7.11 Å². The quantitative estimate of drug-likeness (QED) is 0.656. The van der Waals surface area contributed by atoms with E-state index in [9.17, 15) is 4.79 Å². The van der Waals surface area contributed by atoms with Crippen LogP contribution in [0.3, 0.4) is 0 Å². The Kier molecular flexibility index (Phi) is 4.64. The predicted molar refractivity (Wildman–Crippen MR) is 88.9 cm³/mol. The molecule has 0 aliphatic heterocycles. The Morgan fingerprint density at radius 1 is 1.22 bits per heavy atom. The molecular weight excluding hydrogens is 334 g/mol. The summed E-state index contributed by atoms with van der Waals surface area (Å²) in [5, 5.41) is 6.30. The van der Waals surface area contributed by atoms with Gasteiger partial charge in [0.25, 0.3) is 0 Å². The topological polar surface area (TPSA) is 57.0 Å². The van der Waals surface area contributed by atoms with E-state index >= 15 is 0 Å². The molecule has 0 bridgehead atoms. The minimum Gasteiger partial charge on any atom is -0.481 e. The normalized spacial score (nSPS) is 10.5. The Balaban J connectivity index is 2.03. The van der Waals surface area contributed by atoms with Gasteiger partial charge in [-0.1, -0.05) is 29.8 Å². The third kappa shape index (κ3) is 3.38.